The maximum absolute atomic E-state index is 13.0. The summed E-state index contributed by atoms with van der Waals surface area (Å²) in [5, 5.41) is 3.88. The highest BCUT2D eigenvalue weighted by Crippen LogP contribution is 2.38. The van der Waals surface area contributed by atoms with Crippen LogP contribution in [0.4, 0.5) is 5.69 Å². The smallest absolute Gasteiger partial charge is 0.270 e. The summed E-state index contributed by atoms with van der Waals surface area (Å²) in [6.07, 6.45) is 0. The fourth-order valence-electron chi connectivity index (χ4n) is 2.22. The second kappa shape index (κ2) is 13.5. The summed E-state index contributed by atoms with van der Waals surface area (Å²) in [4.78, 5) is 39.8. The van der Waals surface area contributed by atoms with E-state index < -0.39 is 5.91 Å². The highest BCUT2D eigenvalue weighted by atomic mass is 127. The van der Waals surface area contributed by atoms with Gasteiger partial charge in [0.05, 0.1) is 24.0 Å². The van der Waals surface area contributed by atoms with E-state index in [1.165, 1.54) is 12.0 Å². The molecule has 0 radical (unpaired) electrons. The van der Waals surface area contributed by atoms with E-state index >= 15 is 0 Å². The molecular weight excluding hydrogens is 874 g/mol. The molecule has 0 aromatic heterocycles. The van der Waals surface area contributed by atoms with Gasteiger partial charge in [0, 0.05) is 53.3 Å². The number of alkyl halides is 2. The summed E-state index contributed by atoms with van der Waals surface area (Å²) in [5.41, 5.74) is 1.07. The lowest BCUT2D eigenvalue weighted by Crippen LogP contribution is -2.35. The van der Waals surface area contributed by atoms with Gasteiger partial charge in [-0.3, -0.25) is 14.4 Å². The minimum Gasteiger partial charge on any atom is -0.375 e. The Labute approximate surface area is 232 Å². The van der Waals surface area contributed by atoms with E-state index in [0.717, 1.165) is 4.42 Å². The van der Waals surface area contributed by atoms with Crippen molar-refractivity contribution in [1.82, 2.24) is 9.74 Å². The number of rotatable bonds is 9. The summed E-state index contributed by atoms with van der Waals surface area (Å²) in [7, 11) is 3.01. The van der Waals surface area contributed by atoms with E-state index in [1.807, 2.05) is 67.8 Å². The zero-order chi connectivity index (χ0) is 22.3. The highest BCUT2D eigenvalue weighted by Gasteiger charge is 2.32. The largest absolute Gasteiger partial charge is 0.375 e. The number of benzene rings is 1. The van der Waals surface area contributed by atoms with Crippen molar-refractivity contribution >= 4 is 135 Å². The zero-order valence-corrected chi connectivity index (χ0v) is 25.7. The molecule has 1 rings (SSSR count). The number of nitrogens with one attached hydrogen (secondary N) is 1. The minimum atomic E-state index is -0.445. The van der Waals surface area contributed by atoms with Gasteiger partial charge in [-0.2, -0.15) is 0 Å². The predicted molar refractivity (Wildman–Crippen MR) is 147 cm³/mol. The Hall–Kier alpha value is 1.03. The fraction of sp³-hybridized carbons (Fsp3) is 0.438. The summed E-state index contributed by atoms with van der Waals surface area (Å²) >= 11 is 18.7. The highest BCUT2D eigenvalue weighted by molar-refractivity contribution is 14.1. The number of amides is 3. The number of nitrogens with zero attached hydrogens (tertiary/aromatic N) is 2. The van der Waals surface area contributed by atoms with Crippen molar-refractivity contribution in [1.29, 1.82) is 0 Å². The van der Waals surface area contributed by atoms with Crippen molar-refractivity contribution in [3.05, 3.63) is 21.8 Å². The van der Waals surface area contributed by atoms with E-state index in [2.05, 4.69) is 37.2 Å². The van der Waals surface area contributed by atoms with Crippen LogP contribution in [0.3, 0.4) is 0 Å². The van der Waals surface area contributed by atoms with Crippen LogP contribution in [0.1, 0.15) is 20.7 Å². The first-order chi connectivity index (χ1) is 13.6. The third-order valence-corrected chi connectivity index (χ3v) is 7.85. The van der Waals surface area contributed by atoms with Crippen molar-refractivity contribution in [2.24, 2.45) is 0 Å². The quantitative estimate of drug-likeness (QED) is 0.229. The van der Waals surface area contributed by atoms with E-state index in [9.17, 15) is 14.4 Å². The van der Waals surface area contributed by atoms with Crippen molar-refractivity contribution in [3.63, 3.8) is 0 Å². The van der Waals surface area contributed by atoms with Crippen molar-refractivity contribution < 1.29 is 19.1 Å². The van der Waals surface area contributed by atoms with Crippen LogP contribution < -0.4 is 10.2 Å². The average molecular weight is 891 g/mol. The average Bonchev–Trinajstić information content (AvgIpc) is 2.66. The monoisotopic (exact) mass is 889 g/mol. The van der Waals surface area contributed by atoms with Gasteiger partial charge in [0.2, 0.25) is 0 Å². The van der Waals surface area contributed by atoms with Gasteiger partial charge < -0.3 is 15.0 Å². The Balaban J connectivity index is 3.75. The molecule has 0 fully saturated rings. The minimum absolute atomic E-state index is 0.131. The third-order valence-electron chi connectivity index (χ3n) is 3.59. The van der Waals surface area contributed by atoms with Crippen LogP contribution >= 0.6 is 111 Å². The third kappa shape index (κ3) is 7.00. The molecule has 0 saturated heterocycles. The van der Waals surface area contributed by atoms with E-state index in [-0.39, 0.29) is 30.5 Å². The van der Waals surface area contributed by atoms with Crippen LogP contribution in [-0.2, 0) is 9.53 Å². The Bertz CT molecular complexity index is 801. The fourth-order valence-corrected chi connectivity index (χ4v) is 7.99. The van der Waals surface area contributed by atoms with Crippen LogP contribution in [0.25, 0.3) is 0 Å². The molecule has 3 amide bonds. The molecule has 162 valence electrons. The number of hydrogen-bond donors (Lipinski definition) is 1. The summed E-state index contributed by atoms with van der Waals surface area (Å²) in [6, 6.07) is 0. The van der Waals surface area contributed by atoms with Crippen molar-refractivity contribution in [3.8, 4) is 0 Å². The summed E-state index contributed by atoms with van der Waals surface area (Å²) in [5.74, 6) is -1.09. The number of halogens is 6. The maximum atomic E-state index is 13.0. The lowest BCUT2D eigenvalue weighted by molar-refractivity contribution is -0.121. The molecule has 0 heterocycles. The Kier molecular flexibility index (Phi) is 13.1. The molecule has 0 bridgehead atoms. The van der Waals surface area contributed by atoms with E-state index in [0.29, 0.717) is 39.2 Å². The second-order valence-electron chi connectivity index (χ2n) is 5.45. The Morgan fingerprint density at radius 2 is 1.66 bits per heavy atom. The molecule has 7 nitrogen and oxygen atoms in total. The molecule has 13 heteroatoms. The van der Waals surface area contributed by atoms with Gasteiger partial charge in [0.15, 0.2) is 0 Å². The SMILES string of the molecule is COCC(=O)N(C)c1c(I)c(C(=O)NCCBr)c(I)c(C(=O)N(Cl)CCBr)c1I. The van der Waals surface area contributed by atoms with Crippen molar-refractivity contribution in [2.75, 3.05) is 49.4 Å². The molecule has 0 unspecified atom stereocenters. The van der Waals surface area contributed by atoms with Gasteiger partial charge in [0.1, 0.15) is 6.61 Å². The molecule has 0 atom stereocenters. The van der Waals surface area contributed by atoms with Gasteiger partial charge in [-0.05, 0) is 67.8 Å². The number of hydrogen-bond acceptors (Lipinski definition) is 4. The van der Waals surface area contributed by atoms with Gasteiger partial charge >= 0.3 is 0 Å². The molecule has 0 aliphatic carbocycles. The molecule has 0 saturated carbocycles. The first kappa shape index (κ1) is 28.1. The van der Waals surface area contributed by atoms with Crippen LogP contribution in [0, 0.1) is 10.7 Å². The topological polar surface area (TPSA) is 79.0 Å². The maximum Gasteiger partial charge on any atom is 0.270 e. The predicted octanol–water partition coefficient (Wildman–Crippen LogP) is 4.23. The Morgan fingerprint density at radius 1 is 1.07 bits per heavy atom. The van der Waals surface area contributed by atoms with Gasteiger partial charge in [-0.15, -0.1) is 0 Å². The molecule has 1 N–H and O–H groups in total. The van der Waals surface area contributed by atoms with Gasteiger partial charge in [-0.25, -0.2) is 4.42 Å². The van der Waals surface area contributed by atoms with Crippen LogP contribution in [0.15, 0.2) is 0 Å². The number of anilines is 1. The number of carbonyl (C=O) groups is 3. The molecule has 0 aliphatic rings. The number of likely N-dealkylation sites (N-methyl/N-ethyl adjacent to an activating group) is 1. The van der Waals surface area contributed by atoms with E-state index in [1.54, 1.807) is 7.05 Å². The van der Waals surface area contributed by atoms with Crippen LogP contribution in [0.5, 0.6) is 0 Å². The number of ether oxygens (including phenoxy) is 1. The molecule has 0 aliphatic heterocycles. The molecule has 1 aromatic carbocycles. The first-order valence-corrected chi connectivity index (χ1v) is 13.8. The zero-order valence-electron chi connectivity index (χ0n) is 15.3. The molecular formula is C16H17Br2ClI3N3O4. The normalized spacial score (nSPS) is 10.6. The molecule has 0 spiro atoms. The second-order valence-corrected chi connectivity index (χ2v) is 10.7. The summed E-state index contributed by atoms with van der Waals surface area (Å²) in [6.45, 7) is 0.560. The number of methoxy groups -OCH3 is 1. The van der Waals surface area contributed by atoms with Crippen LogP contribution in [0.2, 0.25) is 0 Å². The first-order valence-electron chi connectivity index (χ1n) is 7.97. The van der Waals surface area contributed by atoms with E-state index in [4.69, 9.17) is 16.5 Å². The van der Waals surface area contributed by atoms with Crippen LogP contribution in [-0.4, -0.2) is 66.7 Å². The number of carbonyl (C=O) groups excluding carboxylic acids is 3. The molecule has 29 heavy (non-hydrogen) atoms. The van der Waals surface area contributed by atoms with Gasteiger partial charge in [0.25, 0.3) is 17.7 Å². The van der Waals surface area contributed by atoms with Gasteiger partial charge in [-0.1, -0.05) is 31.9 Å². The summed E-state index contributed by atoms with van der Waals surface area (Å²) < 4.78 is 7.58. The lowest BCUT2D eigenvalue weighted by atomic mass is 10.1. The Morgan fingerprint density at radius 3 is 2.17 bits per heavy atom. The van der Waals surface area contributed by atoms with Crippen molar-refractivity contribution in [2.45, 2.75) is 0 Å². The molecule has 1 aromatic rings. The standard InChI is InChI=1S/C16H17Br2ClI3N3O4/c1-24(8(26)7-29-2)14-12(21)9(15(27)23-5-3-17)11(20)10(13(14)22)16(28)25(19)6-4-18/h3-7H2,1-2H3,(H,23,27). The lowest BCUT2D eigenvalue weighted by Gasteiger charge is -2.25.